The average Bonchev–Trinajstić information content (AvgIpc) is 3.00. The quantitative estimate of drug-likeness (QED) is 0.581. The maximum absolute atomic E-state index is 13.6. The highest BCUT2D eigenvalue weighted by Crippen LogP contribution is 2.35. The monoisotopic (exact) mass is 459 g/mol. The van der Waals surface area contributed by atoms with Gasteiger partial charge in [-0.15, -0.1) is 0 Å². The van der Waals surface area contributed by atoms with Crippen LogP contribution < -0.4 is 4.74 Å². The predicted molar refractivity (Wildman–Crippen MR) is 126 cm³/mol. The van der Waals surface area contributed by atoms with Crippen LogP contribution in [0, 0.1) is 5.82 Å². The molecule has 5 nitrogen and oxygen atoms in total. The molecule has 2 heterocycles. The number of hydrogen-bond acceptors (Lipinski definition) is 5. The first-order valence-electron chi connectivity index (χ1n) is 11.6. The molecule has 2 aliphatic rings. The number of halogens is 1. The fourth-order valence-electron chi connectivity index (χ4n) is 4.91. The highest BCUT2D eigenvalue weighted by Gasteiger charge is 2.37. The Bertz CT molecular complexity index is 1240. The number of nitrogens with zero attached hydrogens (tertiary/aromatic N) is 1. The lowest BCUT2D eigenvalue weighted by molar-refractivity contribution is 0.0400. The summed E-state index contributed by atoms with van der Waals surface area (Å²) in [7, 11) is 0. The van der Waals surface area contributed by atoms with Crippen molar-refractivity contribution < 1.29 is 23.8 Å². The smallest absolute Gasteiger partial charge is 0.170 e. The number of fused-ring (bicyclic) bond motifs is 2. The summed E-state index contributed by atoms with van der Waals surface area (Å²) in [5, 5.41) is 11.9. The Morgan fingerprint density at radius 1 is 1.06 bits per heavy atom. The Hall–Kier alpha value is -3.35. The fourth-order valence-corrected chi connectivity index (χ4v) is 4.91. The standard InChI is InChI=1S/C28H26FNO4/c29-22-8-6-21(7-9-22)28(33)18-30(14-11-19-3-1-2-4-24(19)28)15-12-25(31)20-5-10-27-23(17-20)26(32)13-16-34-27/h1-10,17,33H,11-16,18H2. The van der Waals surface area contributed by atoms with Crippen molar-refractivity contribution in [1.29, 1.82) is 0 Å². The third kappa shape index (κ3) is 4.27. The molecule has 0 aromatic heterocycles. The van der Waals surface area contributed by atoms with E-state index in [0.717, 1.165) is 17.5 Å². The minimum absolute atomic E-state index is 0.00876. The van der Waals surface area contributed by atoms with Crippen LogP contribution in [0.25, 0.3) is 0 Å². The van der Waals surface area contributed by atoms with Gasteiger partial charge in [0, 0.05) is 38.0 Å². The van der Waals surface area contributed by atoms with Crippen molar-refractivity contribution in [3.8, 4) is 5.75 Å². The van der Waals surface area contributed by atoms with Crippen LogP contribution >= 0.6 is 0 Å². The molecule has 3 aromatic rings. The van der Waals surface area contributed by atoms with Gasteiger partial charge in [-0.1, -0.05) is 36.4 Å². The second kappa shape index (κ2) is 9.12. The van der Waals surface area contributed by atoms with Crippen LogP contribution in [0.15, 0.2) is 66.7 Å². The highest BCUT2D eigenvalue weighted by atomic mass is 19.1. The first kappa shape index (κ1) is 22.4. The number of carbonyl (C=O) groups excluding carboxylic acids is 2. The molecule has 1 N–H and O–H groups in total. The maximum atomic E-state index is 13.6. The van der Waals surface area contributed by atoms with Crippen LogP contribution in [0.2, 0.25) is 0 Å². The first-order chi connectivity index (χ1) is 16.4. The second-order valence-electron chi connectivity index (χ2n) is 8.96. The largest absolute Gasteiger partial charge is 0.492 e. The minimum atomic E-state index is -1.32. The Morgan fingerprint density at radius 3 is 2.68 bits per heavy atom. The van der Waals surface area contributed by atoms with Gasteiger partial charge >= 0.3 is 0 Å². The van der Waals surface area contributed by atoms with Gasteiger partial charge in [-0.05, 0) is 53.4 Å². The van der Waals surface area contributed by atoms with Gasteiger partial charge in [0.15, 0.2) is 11.6 Å². The molecule has 174 valence electrons. The van der Waals surface area contributed by atoms with Gasteiger partial charge in [0.25, 0.3) is 0 Å². The van der Waals surface area contributed by atoms with Crippen molar-refractivity contribution in [1.82, 2.24) is 4.90 Å². The van der Waals surface area contributed by atoms with Gasteiger partial charge < -0.3 is 9.84 Å². The van der Waals surface area contributed by atoms with E-state index in [9.17, 15) is 19.1 Å². The van der Waals surface area contributed by atoms with Crippen LogP contribution in [-0.2, 0) is 12.0 Å². The minimum Gasteiger partial charge on any atom is -0.492 e. The third-order valence-corrected chi connectivity index (χ3v) is 6.78. The summed E-state index contributed by atoms with van der Waals surface area (Å²) in [6, 6.07) is 18.7. The zero-order valence-electron chi connectivity index (χ0n) is 18.8. The van der Waals surface area contributed by atoms with E-state index in [1.54, 1.807) is 30.3 Å². The van der Waals surface area contributed by atoms with Crippen molar-refractivity contribution in [3.05, 3.63) is 100 Å². The molecule has 1 atom stereocenters. The summed E-state index contributed by atoms with van der Waals surface area (Å²) in [5.41, 5.74) is 2.10. The zero-order chi connectivity index (χ0) is 23.7. The molecular weight excluding hydrogens is 433 g/mol. The molecule has 0 saturated heterocycles. The van der Waals surface area contributed by atoms with E-state index in [1.165, 1.54) is 12.1 Å². The van der Waals surface area contributed by atoms with Crippen molar-refractivity contribution in [2.45, 2.75) is 24.9 Å². The summed E-state index contributed by atoms with van der Waals surface area (Å²) in [5.74, 6) is 0.104. The second-order valence-corrected chi connectivity index (χ2v) is 8.96. The van der Waals surface area contributed by atoms with E-state index >= 15 is 0 Å². The third-order valence-electron chi connectivity index (χ3n) is 6.78. The predicted octanol–water partition coefficient (Wildman–Crippen LogP) is 4.16. The lowest BCUT2D eigenvalue weighted by Crippen LogP contribution is -2.41. The maximum Gasteiger partial charge on any atom is 0.170 e. The van der Waals surface area contributed by atoms with Gasteiger partial charge in [-0.2, -0.15) is 0 Å². The number of ether oxygens (including phenoxy) is 1. The zero-order valence-corrected chi connectivity index (χ0v) is 18.8. The number of ketones is 2. The molecule has 1 unspecified atom stereocenters. The number of rotatable bonds is 5. The molecule has 34 heavy (non-hydrogen) atoms. The van der Waals surface area contributed by atoms with E-state index in [0.29, 0.717) is 55.1 Å². The van der Waals surface area contributed by atoms with Crippen molar-refractivity contribution in [2.24, 2.45) is 0 Å². The summed E-state index contributed by atoms with van der Waals surface area (Å²) >= 11 is 0. The van der Waals surface area contributed by atoms with Crippen molar-refractivity contribution in [2.75, 3.05) is 26.2 Å². The van der Waals surface area contributed by atoms with Gasteiger partial charge in [-0.3, -0.25) is 14.5 Å². The van der Waals surface area contributed by atoms with Gasteiger partial charge in [0.2, 0.25) is 0 Å². The number of Topliss-reactive ketones (excluding diaryl/α,β-unsaturated/α-hetero) is 2. The molecule has 0 saturated carbocycles. The Balaban J connectivity index is 1.36. The van der Waals surface area contributed by atoms with E-state index in [2.05, 4.69) is 4.90 Å². The van der Waals surface area contributed by atoms with Crippen molar-refractivity contribution >= 4 is 11.6 Å². The number of carbonyl (C=O) groups is 2. The summed E-state index contributed by atoms with van der Waals surface area (Å²) in [6.45, 7) is 1.80. The molecule has 2 aliphatic heterocycles. The van der Waals surface area contributed by atoms with Gasteiger partial charge in [0.1, 0.15) is 17.2 Å². The van der Waals surface area contributed by atoms with Crippen LogP contribution in [-0.4, -0.2) is 47.8 Å². The summed E-state index contributed by atoms with van der Waals surface area (Å²) in [6.07, 6.45) is 1.31. The lowest BCUT2D eigenvalue weighted by atomic mass is 9.83. The van der Waals surface area contributed by atoms with E-state index in [4.69, 9.17) is 4.74 Å². The molecule has 5 rings (SSSR count). The Labute approximate surface area is 197 Å². The number of aliphatic hydroxyl groups is 1. The fraction of sp³-hybridized carbons (Fsp3) is 0.286. The number of hydrogen-bond donors (Lipinski definition) is 1. The van der Waals surface area contributed by atoms with E-state index in [1.807, 2.05) is 24.3 Å². The highest BCUT2D eigenvalue weighted by molar-refractivity contribution is 6.03. The first-order valence-corrected chi connectivity index (χ1v) is 11.6. The Kier molecular flexibility index (Phi) is 6.02. The van der Waals surface area contributed by atoms with E-state index in [-0.39, 0.29) is 23.8 Å². The number of β-amino-alcohol motifs (C(OH)–C–C–N with tert-alkyl or cyclic N) is 1. The molecule has 0 spiro atoms. The average molecular weight is 460 g/mol. The topological polar surface area (TPSA) is 66.8 Å². The molecule has 0 amide bonds. The summed E-state index contributed by atoms with van der Waals surface area (Å²) < 4.78 is 19.1. The van der Waals surface area contributed by atoms with Crippen LogP contribution in [0.4, 0.5) is 4.39 Å². The summed E-state index contributed by atoms with van der Waals surface area (Å²) in [4.78, 5) is 27.2. The molecule has 6 heteroatoms. The molecule has 0 aliphatic carbocycles. The van der Waals surface area contributed by atoms with Crippen LogP contribution in [0.5, 0.6) is 5.75 Å². The van der Waals surface area contributed by atoms with Crippen LogP contribution in [0.3, 0.4) is 0 Å². The number of benzene rings is 3. The normalized spacial score (nSPS) is 20.1. The lowest BCUT2D eigenvalue weighted by Gasteiger charge is -2.33. The van der Waals surface area contributed by atoms with Gasteiger partial charge in [-0.25, -0.2) is 4.39 Å². The molecule has 0 fully saturated rings. The molecule has 0 bridgehead atoms. The molecule has 0 radical (unpaired) electrons. The van der Waals surface area contributed by atoms with E-state index < -0.39 is 5.60 Å². The SMILES string of the molecule is O=C(CCN1CCc2ccccc2C(O)(c2ccc(F)cc2)C1)c1ccc2c(c1)C(=O)CCO2. The molecular formula is C28H26FNO4. The van der Waals surface area contributed by atoms with Crippen molar-refractivity contribution in [3.63, 3.8) is 0 Å². The van der Waals surface area contributed by atoms with Gasteiger partial charge in [0.05, 0.1) is 12.2 Å². The Morgan fingerprint density at radius 2 is 1.85 bits per heavy atom. The van der Waals surface area contributed by atoms with Crippen LogP contribution in [0.1, 0.15) is 50.2 Å². The molecule has 3 aromatic carbocycles.